The molecule has 2 aromatic heterocycles. The van der Waals surface area contributed by atoms with E-state index in [1.807, 2.05) is 12.4 Å². The highest BCUT2D eigenvalue weighted by molar-refractivity contribution is 5.80. The zero-order valence-corrected chi connectivity index (χ0v) is 7.33. The van der Waals surface area contributed by atoms with E-state index in [0.29, 0.717) is 0 Å². The largest absolute Gasteiger partial charge is 0.342 e. The Balaban J connectivity index is 2.34. The van der Waals surface area contributed by atoms with E-state index in [0.717, 1.165) is 19.6 Å². The molecular formula is C10H11N3. The molecule has 3 rings (SSSR count). The predicted molar refractivity (Wildman–Crippen MR) is 51.4 cm³/mol. The molecule has 0 saturated carbocycles. The average Bonchev–Trinajstić information content (AvgIpc) is 2.56. The first kappa shape index (κ1) is 7.09. The fourth-order valence-electron chi connectivity index (χ4n) is 1.99. The second kappa shape index (κ2) is 2.57. The van der Waals surface area contributed by atoms with Crippen molar-refractivity contribution in [1.82, 2.24) is 14.9 Å². The molecular weight excluding hydrogens is 162 g/mol. The lowest BCUT2D eigenvalue weighted by atomic mass is 10.3. The number of pyridine rings is 1. The van der Waals surface area contributed by atoms with Gasteiger partial charge in [0.1, 0.15) is 0 Å². The van der Waals surface area contributed by atoms with Gasteiger partial charge in [-0.25, -0.2) is 0 Å². The van der Waals surface area contributed by atoms with Crippen LogP contribution < -0.4 is 5.32 Å². The number of aromatic nitrogens is 2. The second-order valence-electron chi connectivity index (χ2n) is 3.40. The minimum absolute atomic E-state index is 0.981. The Labute approximate surface area is 76.4 Å². The normalized spacial score (nSPS) is 16.0. The average molecular weight is 173 g/mol. The molecule has 0 radical (unpaired) electrons. The van der Waals surface area contributed by atoms with Crippen molar-refractivity contribution in [2.24, 2.45) is 0 Å². The zero-order chi connectivity index (χ0) is 8.67. The van der Waals surface area contributed by atoms with Crippen LogP contribution in [-0.2, 0) is 13.1 Å². The molecule has 3 heteroatoms. The summed E-state index contributed by atoms with van der Waals surface area (Å²) >= 11 is 0. The highest BCUT2D eigenvalue weighted by atomic mass is 15.1. The van der Waals surface area contributed by atoms with Crippen LogP contribution in [-0.4, -0.2) is 16.1 Å². The van der Waals surface area contributed by atoms with Crippen molar-refractivity contribution < 1.29 is 0 Å². The van der Waals surface area contributed by atoms with E-state index >= 15 is 0 Å². The maximum Gasteiger partial charge on any atom is 0.0514 e. The van der Waals surface area contributed by atoms with Crippen molar-refractivity contribution >= 4 is 10.9 Å². The van der Waals surface area contributed by atoms with Gasteiger partial charge in [-0.2, -0.15) is 0 Å². The summed E-state index contributed by atoms with van der Waals surface area (Å²) in [6, 6.07) is 4.30. The molecule has 3 heterocycles. The Morgan fingerprint density at radius 3 is 3.46 bits per heavy atom. The fourth-order valence-corrected chi connectivity index (χ4v) is 1.99. The quantitative estimate of drug-likeness (QED) is 0.647. The lowest BCUT2D eigenvalue weighted by Gasteiger charge is -2.16. The summed E-state index contributed by atoms with van der Waals surface area (Å²) in [5, 5.41) is 4.61. The Morgan fingerprint density at radius 2 is 2.46 bits per heavy atom. The Kier molecular flexibility index (Phi) is 1.40. The first-order valence-electron chi connectivity index (χ1n) is 4.58. The smallest absolute Gasteiger partial charge is 0.0514 e. The van der Waals surface area contributed by atoms with Gasteiger partial charge >= 0.3 is 0 Å². The maximum atomic E-state index is 4.12. The molecule has 0 saturated heterocycles. The van der Waals surface area contributed by atoms with E-state index < -0.39 is 0 Å². The van der Waals surface area contributed by atoms with E-state index in [9.17, 15) is 0 Å². The Morgan fingerprint density at radius 1 is 1.46 bits per heavy atom. The SMILES string of the molecule is c1cc2c(cn1)cc1n2CCNC1. The third kappa shape index (κ3) is 0.971. The van der Waals surface area contributed by atoms with Gasteiger partial charge < -0.3 is 9.88 Å². The van der Waals surface area contributed by atoms with Crippen molar-refractivity contribution in [1.29, 1.82) is 0 Å². The van der Waals surface area contributed by atoms with Gasteiger partial charge in [-0.3, -0.25) is 4.98 Å². The zero-order valence-electron chi connectivity index (χ0n) is 7.33. The number of nitrogens with one attached hydrogen (secondary N) is 1. The lowest BCUT2D eigenvalue weighted by molar-refractivity contribution is 0.527. The van der Waals surface area contributed by atoms with Crippen LogP contribution in [0.15, 0.2) is 24.5 Å². The molecule has 13 heavy (non-hydrogen) atoms. The Hall–Kier alpha value is -1.35. The molecule has 66 valence electrons. The monoisotopic (exact) mass is 173 g/mol. The van der Waals surface area contributed by atoms with E-state index in [4.69, 9.17) is 0 Å². The summed E-state index contributed by atoms with van der Waals surface area (Å²) in [6.07, 6.45) is 3.79. The number of fused-ring (bicyclic) bond motifs is 3. The third-order valence-electron chi connectivity index (χ3n) is 2.61. The molecule has 1 aliphatic rings. The van der Waals surface area contributed by atoms with E-state index in [1.165, 1.54) is 16.6 Å². The highest BCUT2D eigenvalue weighted by Gasteiger charge is 2.11. The summed E-state index contributed by atoms with van der Waals surface area (Å²) in [7, 11) is 0. The van der Waals surface area contributed by atoms with Crippen molar-refractivity contribution in [3.63, 3.8) is 0 Å². The van der Waals surface area contributed by atoms with Crippen LogP contribution >= 0.6 is 0 Å². The standard InChI is InChI=1S/C10H11N3/c1-2-11-6-8-5-9-7-12-3-4-13(9)10(1)8/h1-2,5-6,12H,3-4,7H2. The predicted octanol–water partition coefficient (Wildman–Crippen LogP) is 1.14. The number of nitrogens with zero attached hydrogens (tertiary/aromatic N) is 2. The van der Waals surface area contributed by atoms with Crippen LogP contribution in [0.4, 0.5) is 0 Å². The summed E-state index contributed by atoms with van der Waals surface area (Å²) < 4.78 is 2.37. The van der Waals surface area contributed by atoms with Gasteiger partial charge in [0, 0.05) is 43.1 Å². The molecule has 0 aliphatic carbocycles. The minimum atomic E-state index is 0.981. The molecule has 0 aromatic carbocycles. The first-order valence-corrected chi connectivity index (χ1v) is 4.58. The highest BCUT2D eigenvalue weighted by Crippen LogP contribution is 2.19. The van der Waals surface area contributed by atoms with Gasteiger partial charge in [0.15, 0.2) is 0 Å². The Bertz CT molecular complexity index is 444. The molecule has 3 nitrogen and oxygen atoms in total. The molecule has 0 spiro atoms. The first-order chi connectivity index (χ1) is 6.45. The lowest BCUT2D eigenvalue weighted by Crippen LogP contribution is -2.27. The number of hydrogen-bond donors (Lipinski definition) is 1. The number of rotatable bonds is 0. The van der Waals surface area contributed by atoms with Crippen LogP contribution in [0.25, 0.3) is 10.9 Å². The molecule has 1 N–H and O–H groups in total. The fraction of sp³-hybridized carbons (Fsp3) is 0.300. The number of hydrogen-bond acceptors (Lipinski definition) is 2. The molecule has 2 aromatic rings. The van der Waals surface area contributed by atoms with Gasteiger partial charge in [0.2, 0.25) is 0 Å². The van der Waals surface area contributed by atoms with Crippen molar-refractivity contribution in [3.05, 3.63) is 30.2 Å². The van der Waals surface area contributed by atoms with E-state index in [-0.39, 0.29) is 0 Å². The van der Waals surface area contributed by atoms with Crippen LogP contribution in [0.3, 0.4) is 0 Å². The summed E-state index contributed by atoms with van der Waals surface area (Å²) in [5.74, 6) is 0. The van der Waals surface area contributed by atoms with Gasteiger partial charge in [-0.15, -0.1) is 0 Å². The summed E-state index contributed by atoms with van der Waals surface area (Å²) in [5.41, 5.74) is 2.68. The molecule has 0 fully saturated rings. The van der Waals surface area contributed by atoms with Crippen LogP contribution in [0.2, 0.25) is 0 Å². The van der Waals surface area contributed by atoms with Gasteiger partial charge in [0.25, 0.3) is 0 Å². The molecule has 0 amide bonds. The van der Waals surface area contributed by atoms with Crippen LogP contribution in [0.5, 0.6) is 0 Å². The van der Waals surface area contributed by atoms with Crippen molar-refractivity contribution in [2.75, 3.05) is 6.54 Å². The summed E-state index contributed by atoms with van der Waals surface area (Å²) in [4.78, 5) is 4.12. The van der Waals surface area contributed by atoms with Crippen LogP contribution in [0.1, 0.15) is 5.69 Å². The third-order valence-corrected chi connectivity index (χ3v) is 2.61. The van der Waals surface area contributed by atoms with E-state index in [1.54, 1.807) is 0 Å². The van der Waals surface area contributed by atoms with Crippen molar-refractivity contribution in [2.45, 2.75) is 13.1 Å². The van der Waals surface area contributed by atoms with Gasteiger partial charge in [0.05, 0.1) is 5.52 Å². The van der Waals surface area contributed by atoms with Gasteiger partial charge in [-0.05, 0) is 12.1 Å². The second-order valence-corrected chi connectivity index (χ2v) is 3.40. The van der Waals surface area contributed by atoms with Crippen LogP contribution in [0, 0.1) is 0 Å². The summed E-state index contributed by atoms with van der Waals surface area (Å²) in [6.45, 7) is 3.12. The maximum absolute atomic E-state index is 4.12. The molecule has 1 aliphatic heterocycles. The molecule has 0 unspecified atom stereocenters. The van der Waals surface area contributed by atoms with Gasteiger partial charge in [-0.1, -0.05) is 0 Å². The minimum Gasteiger partial charge on any atom is -0.342 e. The molecule has 0 bridgehead atoms. The van der Waals surface area contributed by atoms with Crippen molar-refractivity contribution in [3.8, 4) is 0 Å². The van der Waals surface area contributed by atoms with E-state index in [2.05, 4.69) is 27.0 Å². The topological polar surface area (TPSA) is 29.9 Å². The molecule has 0 atom stereocenters.